The van der Waals surface area contributed by atoms with E-state index in [9.17, 15) is 18.3 Å². The van der Waals surface area contributed by atoms with Gasteiger partial charge in [0.05, 0.1) is 17.0 Å². The quantitative estimate of drug-likeness (QED) is 0.269. The van der Waals surface area contributed by atoms with Crippen LogP contribution in [-0.4, -0.2) is 43.9 Å². The van der Waals surface area contributed by atoms with E-state index in [2.05, 4.69) is 22.8 Å². The molecule has 1 aliphatic heterocycles. The van der Waals surface area contributed by atoms with Gasteiger partial charge in [0.1, 0.15) is 12.4 Å². The second-order valence-corrected chi connectivity index (χ2v) is 14.5. The Kier molecular flexibility index (Phi) is 11.4. The van der Waals surface area contributed by atoms with Gasteiger partial charge in [-0.3, -0.25) is 4.79 Å². The van der Waals surface area contributed by atoms with Crippen molar-refractivity contribution in [1.29, 1.82) is 0 Å². The van der Waals surface area contributed by atoms with Gasteiger partial charge in [-0.05, 0) is 111 Å². The number of hydrogen-bond acceptors (Lipinski definition) is 6. The van der Waals surface area contributed by atoms with Gasteiger partial charge in [-0.1, -0.05) is 36.7 Å². The number of nitrogens with zero attached hydrogens (tertiary/aromatic N) is 1. The van der Waals surface area contributed by atoms with Gasteiger partial charge in [-0.2, -0.15) is 0 Å². The molecular formula is C34H45ClN2O5S. The summed E-state index contributed by atoms with van der Waals surface area (Å²) in [5, 5.41) is 10.6. The molecule has 7 nitrogen and oxygen atoms in total. The highest BCUT2D eigenvalue weighted by Crippen LogP contribution is 2.41. The average molecular weight is 629 g/mol. The second kappa shape index (κ2) is 14.8. The number of carbonyl (C=O) groups excluding carboxylic acids is 1. The fourth-order valence-electron chi connectivity index (χ4n) is 6.08. The Labute approximate surface area is 262 Å². The summed E-state index contributed by atoms with van der Waals surface area (Å²) in [6, 6.07) is 11.0. The van der Waals surface area contributed by atoms with Crippen molar-refractivity contribution in [2.45, 2.75) is 76.8 Å². The van der Waals surface area contributed by atoms with Gasteiger partial charge in [-0.15, -0.1) is 13.2 Å². The van der Waals surface area contributed by atoms with E-state index >= 15 is 0 Å². The number of fused-ring (bicyclic) bond motifs is 2. The van der Waals surface area contributed by atoms with Crippen LogP contribution in [0.2, 0.25) is 5.02 Å². The van der Waals surface area contributed by atoms with Crippen molar-refractivity contribution in [3.8, 4) is 5.75 Å². The molecule has 1 saturated carbocycles. The minimum atomic E-state index is -3.90. The Morgan fingerprint density at radius 1 is 1.12 bits per heavy atom. The molecule has 1 heterocycles. The molecule has 0 radical (unpaired) electrons. The van der Waals surface area contributed by atoms with Crippen LogP contribution < -0.4 is 14.4 Å². The number of carbonyl (C=O) groups is 1. The summed E-state index contributed by atoms with van der Waals surface area (Å²) >= 11 is 6.31. The highest BCUT2D eigenvalue weighted by molar-refractivity contribution is 7.90. The van der Waals surface area contributed by atoms with Crippen LogP contribution in [0.1, 0.15) is 73.9 Å². The smallest absolute Gasteiger partial charge is 0.264 e. The van der Waals surface area contributed by atoms with E-state index in [0.717, 1.165) is 55.5 Å². The number of allylic oxidation sites excluding steroid dienone is 1. The Hall–Kier alpha value is -2.81. The predicted molar refractivity (Wildman–Crippen MR) is 174 cm³/mol. The van der Waals surface area contributed by atoms with E-state index < -0.39 is 27.3 Å². The molecule has 234 valence electrons. The molecule has 1 fully saturated rings. The van der Waals surface area contributed by atoms with Crippen LogP contribution in [0.5, 0.6) is 5.75 Å². The van der Waals surface area contributed by atoms with Crippen LogP contribution in [0.3, 0.4) is 0 Å². The largest absolute Gasteiger partial charge is 0.487 e. The highest BCUT2D eigenvalue weighted by atomic mass is 35.5. The molecule has 2 aromatic rings. The molecule has 0 aromatic heterocycles. The number of amides is 1. The zero-order chi connectivity index (χ0) is 31.1. The third-order valence-electron chi connectivity index (χ3n) is 9.14. The summed E-state index contributed by atoms with van der Waals surface area (Å²) in [6.07, 6.45) is 8.82. The van der Waals surface area contributed by atoms with Gasteiger partial charge in [-0.25, -0.2) is 13.1 Å². The van der Waals surface area contributed by atoms with Gasteiger partial charge in [0, 0.05) is 23.7 Å². The lowest BCUT2D eigenvalue weighted by atomic mass is 9.69. The lowest BCUT2D eigenvalue weighted by Crippen LogP contribution is -2.43. The predicted octanol–water partition coefficient (Wildman–Crippen LogP) is 6.69. The van der Waals surface area contributed by atoms with E-state index in [4.69, 9.17) is 16.3 Å². The molecule has 2 aliphatic rings. The zero-order valence-electron chi connectivity index (χ0n) is 25.3. The minimum absolute atomic E-state index is 0.183. The number of hydrogen-bond donors (Lipinski definition) is 2. The van der Waals surface area contributed by atoms with Crippen molar-refractivity contribution in [3.05, 3.63) is 83.4 Å². The highest BCUT2D eigenvalue weighted by Gasteiger charge is 2.37. The van der Waals surface area contributed by atoms with E-state index in [1.807, 2.05) is 25.1 Å². The van der Waals surface area contributed by atoms with Crippen molar-refractivity contribution in [3.63, 3.8) is 0 Å². The Balaban J connectivity index is 1.65. The van der Waals surface area contributed by atoms with Crippen molar-refractivity contribution in [2.75, 3.05) is 18.0 Å². The SMILES string of the molecule is C=CCC(O)[C@@H]1CC[C@H]1CN1CCCCc2cc(Cl)ccc2COc2ccc(C(=O)NS(=O)(=O)[C@@H](C)[C@@H](C)CC=C)cc21. The van der Waals surface area contributed by atoms with E-state index in [-0.39, 0.29) is 23.3 Å². The number of benzene rings is 2. The maximum atomic E-state index is 13.3. The molecule has 5 atom stereocenters. The molecule has 2 N–H and O–H groups in total. The van der Waals surface area contributed by atoms with Gasteiger partial charge in [0.25, 0.3) is 5.91 Å². The molecule has 2 aromatic carbocycles. The summed E-state index contributed by atoms with van der Waals surface area (Å²) in [5.74, 6) is 0.232. The molecular weight excluding hydrogens is 584 g/mol. The molecule has 9 heteroatoms. The summed E-state index contributed by atoms with van der Waals surface area (Å²) in [6.45, 7) is 12.7. The Morgan fingerprint density at radius 2 is 1.88 bits per heavy atom. The van der Waals surface area contributed by atoms with Crippen LogP contribution in [0, 0.1) is 17.8 Å². The molecule has 1 amide bonds. The number of aliphatic hydroxyl groups excluding tert-OH is 1. The second-order valence-electron chi connectivity index (χ2n) is 12.1. The lowest BCUT2D eigenvalue weighted by molar-refractivity contribution is 0.0181. The van der Waals surface area contributed by atoms with Gasteiger partial charge >= 0.3 is 0 Å². The summed E-state index contributed by atoms with van der Waals surface area (Å²) in [7, 11) is -3.90. The molecule has 1 aliphatic carbocycles. The number of halogens is 1. The number of rotatable bonds is 11. The standard InChI is InChI=1S/C34H45ClN2O5S/c1-5-9-23(3)24(4)43(40,41)36-34(39)26-14-17-33-31(20-26)37(21-27-13-16-30(27)32(38)10-6-2)18-8-7-11-25-19-29(35)15-12-28(25)22-42-33/h5-6,12,14-15,17,19-20,23-24,27,30,32,38H,1-2,7-11,13,16,18,21-22H2,3-4H3,(H,36,39)/t23-,24-,27-,30+,32?/m0/s1. The normalized spacial score (nSPS) is 21.0. The fraction of sp³-hybridized carbons (Fsp3) is 0.500. The number of aryl methyl sites for hydroxylation is 1. The zero-order valence-corrected chi connectivity index (χ0v) is 26.9. The monoisotopic (exact) mass is 628 g/mol. The van der Waals surface area contributed by atoms with Crippen LogP contribution in [0.4, 0.5) is 5.69 Å². The van der Waals surface area contributed by atoms with Crippen molar-refractivity contribution < 1.29 is 23.1 Å². The van der Waals surface area contributed by atoms with Crippen molar-refractivity contribution in [1.82, 2.24) is 4.72 Å². The number of sulfonamides is 1. The van der Waals surface area contributed by atoms with Crippen LogP contribution in [0.25, 0.3) is 0 Å². The molecule has 0 saturated heterocycles. The number of aliphatic hydroxyl groups is 1. The third-order valence-corrected chi connectivity index (χ3v) is 11.3. The topological polar surface area (TPSA) is 95.9 Å². The molecule has 4 rings (SSSR count). The lowest BCUT2D eigenvalue weighted by Gasteiger charge is -2.43. The van der Waals surface area contributed by atoms with Gasteiger partial charge in [0.2, 0.25) is 10.0 Å². The maximum absolute atomic E-state index is 13.3. The van der Waals surface area contributed by atoms with Crippen LogP contribution in [-0.2, 0) is 23.1 Å². The Bertz CT molecular complexity index is 1410. The van der Waals surface area contributed by atoms with Crippen LogP contribution in [0.15, 0.2) is 61.7 Å². The first kappa shape index (κ1) is 33.1. The Morgan fingerprint density at radius 3 is 2.58 bits per heavy atom. The number of nitrogens with one attached hydrogen (secondary N) is 1. The third kappa shape index (κ3) is 8.22. The van der Waals surface area contributed by atoms with E-state index in [1.54, 1.807) is 37.3 Å². The average Bonchev–Trinajstić information content (AvgIpc) is 2.98. The number of anilines is 1. The molecule has 0 bridgehead atoms. The fourth-order valence-corrected chi connectivity index (χ4v) is 7.56. The van der Waals surface area contributed by atoms with E-state index in [0.29, 0.717) is 36.8 Å². The maximum Gasteiger partial charge on any atom is 0.264 e. The van der Waals surface area contributed by atoms with Gasteiger partial charge < -0.3 is 14.7 Å². The molecule has 0 spiro atoms. The minimum Gasteiger partial charge on any atom is -0.487 e. The first-order chi connectivity index (χ1) is 20.5. The molecule has 43 heavy (non-hydrogen) atoms. The van der Waals surface area contributed by atoms with Crippen molar-refractivity contribution >= 4 is 33.2 Å². The number of ether oxygens (including phenoxy) is 1. The summed E-state index contributed by atoms with van der Waals surface area (Å²) in [5.41, 5.74) is 3.22. The van der Waals surface area contributed by atoms with Crippen LogP contribution >= 0.6 is 11.6 Å². The van der Waals surface area contributed by atoms with Gasteiger partial charge in [0.15, 0.2) is 0 Å². The first-order valence-corrected chi connectivity index (χ1v) is 17.2. The van der Waals surface area contributed by atoms with Crippen molar-refractivity contribution in [2.24, 2.45) is 17.8 Å². The summed E-state index contributed by atoms with van der Waals surface area (Å²) in [4.78, 5) is 15.6. The first-order valence-electron chi connectivity index (χ1n) is 15.3. The molecule has 1 unspecified atom stereocenters. The summed E-state index contributed by atoms with van der Waals surface area (Å²) < 4.78 is 34.8. The van der Waals surface area contributed by atoms with E-state index in [1.165, 1.54) is 0 Å².